The first-order valence-electron chi connectivity index (χ1n) is 10.4. The highest BCUT2D eigenvalue weighted by Crippen LogP contribution is 2.23. The summed E-state index contributed by atoms with van der Waals surface area (Å²) in [6.07, 6.45) is 2.19. The highest BCUT2D eigenvalue weighted by molar-refractivity contribution is 7.89. The minimum atomic E-state index is -3.56. The Morgan fingerprint density at radius 2 is 1.69 bits per heavy atom. The van der Waals surface area contributed by atoms with E-state index in [1.54, 1.807) is 17.0 Å². The number of carbonyl (C=O) groups is 1. The molecule has 0 aliphatic carbocycles. The van der Waals surface area contributed by atoms with Gasteiger partial charge in [0.2, 0.25) is 15.9 Å². The van der Waals surface area contributed by atoms with Crippen LogP contribution in [0.25, 0.3) is 10.8 Å². The molecule has 1 aliphatic heterocycles. The Kier molecular flexibility index (Phi) is 7.27. The van der Waals surface area contributed by atoms with Gasteiger partial charge in [0.05, 0.1) is 11.4 Å². The average molecular weight is 418 g/mol. The molecule has 6 nitrogen and oxygen atoms in total. The van der Waals surface area contributed by atoms with Gasteiger partial charge in [-0.05, 0) is 42.4 Å². The van der Waals surface area contributed by atoms with Crippen molar-refractivity contribution >= 4 is 26.7 Å². The molecule has 158 valence electrons. The lowest BCUT2D eigenvalue weighted by molar-refractivity contribution is -0.133. The van der Waals surface area contributed by atoms with E-state index in [0.717, 1.165) is 36.7 Å². The van der Waals surface area contributed by atoms with Crippen molar-refractivity contribution in [1.29, 1.82) is 0 Å². The van der Waals surface area contributed by atoms with E-state index in [-0.39, 0.29) is 5.91 Å². The normalized spacial score (nSPS) is 15.9. The van der Waals surface area contributed by atoms with Crippen LogP contribution in [0.3, 0.4) is 0 Å². The van der Waals surface area contributed by atoms with Crippen LogP contribution in [0.15, 0.2) is 47.4 Å². The fourth-order valence-electron chi connectivity index (χ4n) is 3.68. The third kappa shape index (κ3) is 5.15. The van der Waals surface area contributed by atoms with Crippen LogP contribution in [0, 0.1) is 0 Å². The predicted octanol–water partition coefficient (Wildman–Crippen LogP) is 2.79. The molecule has 0 unspecified atom stereocenters. The molecule has 0 aromatic heterocycles. The Balaban J connectivity index is 1.62. The second kappa shape index (κ2) is 9.69. The van der Waals surface area contributed by atoms with Crippen molar-refractivity contribution in [2.45, 2.75) is 31.6 Å². The zero-order valence-electron chi connectivity index (χ0n) is 17.4. The van der Waals surface area contributed by atoms with Gasteiger partial charge in [-0.2, -0.15) is 4.31 Å². The van der Waals surface area contributed by atoms with Crippen molar-refractivity contribution in [2.24, 2.45) is 0 Å². The number of sulfonamides is 1. The van der Waals surface area contributed by atoms with Crippen molar-refractivity contribution in [3.63, 3.8) is 0 Å². The number of piperazine rings is 1. The van der Waals surface area contributed by atoms with E-state index < -0.39 is 10.0 Å². The molecule has 1 amide bonds. The number of rotatable bonds is 8. The van der Waals surface area contributed by atoms with Crippen LogP contribution in [0.1, 0.15) is 26.7 Å². The Labute approximate surface area is 174 Å². The average Bonchev–Trinajstić information content (AvgIpc) is 2.76. The van der Waals surface area contributed by atoms with E-state index in [1.807, 2.05) is 30.3 Å². The molecular weight excluding hydrogens is 386 g/mol. The summed E-state index contributed by atoms with van der Waals surface area (Å²) in [6.45, 7) is 7.95. The SMILES string of the molecule is CCCCN(CC)CC(=O)N1CCN(S(=O)(=O)c2ccc3ccccc3c2)CC1. The Bertz CT molecular complexity index is 937. The van der Waals surface area contributed by atoms with Gasteiger partial charge in [-0.1, -0.05) is 50.6 Å². The molecule has 0 bridgehead atoms. The molecule has 0 spiro atoms. The molecule has 1 saturated heterocycles. The van der Waals surface area contributed by atoms with Gasteiger partial charge in [-0.25, -0.2) is 8.42 Å². The molecule has 0 saturated carbocycles. The number of amides is 1. The van der Waals surface area contributed by atoms with Crippen molar-refractivity contribution in [3.8, 4) is 0 Å². The lowest BCUT2D eigenvalue weighted by atomic mass is 10.1. The molecular formula is C22H31N3O3S. The van der Waals surface area contributed by atoms with Gasteiger partial charge in [0.15, 0.2) is 0 Å². The Morgan fingerprint density at radius 3 is 2.34 bits per heavy atom. The largest absolute Gasteiger partial charge is 0.339 e. The van der Waals surface area contributed by atoms with Crippen LogP contribution in [0.4, 0.5) is 0 Å². The fraction of sp³-hybridized carbons (Fsp3) is 0.500. The van der Waals surface area contributed by atoms with Gasteiger partial charge >= 0.3 is 0 Å². The Morgan fingerprint density at radius 1 is 1.00 bits per heavy atom. The first-order valence-corrected chi connectivity index (χ1v) is 11.9. The van der Waals surface area contributed by atoms with Crippen molar-refractivity contribution in [3.05, 3.63) is 42.5 Å². The molecule has 2 aromatic carbocycles. The molecule has 0 N–H and O–H groups in total. The molecule has 1 heterocycles. The quantitative estimate of drug-likeness (QED) is 0.663. The zero-order chi connectivity index (χ0) is 20.9. The highest BCUT2D eigenvalue weighted by atomic mass is 32.2. The summed E-state index contributed by atoms with van der Waals surface area (Å²) >= 11 is 0. The van der Waals surface area contributed by atoms with Gasteiger partial charge < -0.3 is 4.90 Å². The van der Waals surface area contributed by atoms with Gasteiger partial charge in [-0.3, -0.25) is 9.69 Å². The van der Waals surface area contributed by atoms with E-state index in [0.29, 0.717) is 37.6 Å². The minimum absolute atomic E-state index is 0.0886. The molecule has 1 aliphatic rings. The molecule has 0 radical (unpaired) electrons. The summed E-state index contributed by atoms with van der Waals surface area (Å²) in [4.78, 5) is 16.9. The van der Waals surface area contributed by atoms with Gasteiger partial charge in [0.1, 0.15) is 0 Å². The third-order valence-electron chi connectivity index (χ3n) is 5.58. The molecule has 7 heteroatoms. The maximum Gasteiger partial charge on any atom is 0.243 e. The van der Waals surface area contributed by atoms with Crippen LogP contribution < -0.4 is 0 Å². The van der Waals surface area contributed by atoms with Crippen LogP contribution in [0.5, 0.6) is 0 Å². The molecule has 0 atom stereocenters. The van der Waals surface area contributed by atoms with E-state index >= 15 is 0 Å². The zero-order valence-corrected chi connectivity index (χ0v) is 18.2. The van der Waals surface area contributed by atoms with Crippen molar-refractivity contribution in [2.75, 3.05) is 45.8 Å². The lowest BCUT2D eigenvalue weighted by Gasteiger charge is -2.35. The van der Waals surface area contributed by atoms with Crippen LogP contribution in [-0.4, -0.2) is 74.2 Å². The lowest BCUT2D eigenvalue weighted by Crippen LogP contribution is -2.52. The summed E-state index contributed by atoms with van der Waals surface area (Å²) in [5.74, 6) is 0.0886. The number of likely N-dealkylation sites (N-methyl/N-ethyl adjacent to an activating group) is 1. The number of carbonyl (C=O) groups excluding carboxylic acids is 1. The van der Waals surface area contributed by atoms with Crippen molar-refractivity contribution in [1.82, 2.24) is 14.1 Å². The van der Waals surface area contributed by atoms with E-state index in [1.165, 1.54) is 4.31 Å². The van der Waals surface area contributed by atoms with E-state index in [2.05, 4.69) is 18.7 Å². The number of fused-ring (bicyclic) bond motifs is 1. The first-order chi connectivity index (χ1) is 14.0. The monoisotopic (exact) mass is 417 g/mol. The number of nitrogens with zero attached hydrogens (tertiary/aromatic N) is 3. The topological polar surface area (TPSA) is 60.9 Å². The smallest absolute Gasteiger partial charge is 0.243 e. The number of hydrogen-bond donors (Lipinski definition) is 0. The third-order valence-corrected chi connectivity index (χ3v) is 7.48. The minimum Gasteiger partial charge on any atom is -0.339 e. The summed E-state index contributed by atoms with van der Waals surface area (Å²) in [5, 5.41) is 1.93. The maximum absolute atomic E-state index is 13.1. The van der Waals surface area contributed by atoms with Gasteiger partial charge in [0, 0.05) is 26.2 Å². The predicted molar refractivity (Wildman–Crippen MR) is 116 cm³/mol. The van der Waals surface area contributed by atoms with Gasteiger partial charge in [-0.15, -0.1) is 0 Å². The summed E-state index contributed by atoms with van der Waals surface area (Å²) in [7, 11) is -3.56. The number of hydrogen-bond acceptors (Lipinski definition) is 4. The maximum atomic E-state index is 13.1. The Hall–Kier alpha value is -1.96. The standard InChI is InChI=1S/C22H31N3O3S/c1-3-5-12-23(4-2)18-22(26)24-13-15-25(16-14-24)29(27,28)21-11-10-19-8-6-7-9-20(19)17-21/h6-11,17H,3-5,12-16,18H2,1-2H3. The molecule has 3 rings (SSSR count). The van der Waals surface area contributed by atoms with E-state index in [9.17, 15) is 13.2 Å². The molecule has 2 aromatic rings. The fourth-order valence-corrected chi connectivity index (χ4v) is 5.13. The molecule has 29 heavy (non-hydrogen) atoms. The summed E-state index contributed by atoms with van der Waals surface area (Å²) in [6, 6.07) is 13.0. The second-order valence-electron chi connectivity index (χ2n) is 7.52. The van der Waals surface area contributed by atoms with Gasteiger partial charge in [0.25, 0.3) is 0 Å². The number of unbranched alkanes of at least 4 members (excludes halogenated alkanes) is 1. The summed E-state index contributed by atoms with van der Waals surface area (Å²) < 4.78 is 27.6. The van der Waals surface area contributed by atoms with Crippen LogP contribution >= 0.6 is 0 Å². The second-order valence-corrected chi connectivity index (χ2v) is 9.45. The number of benzene rings is 2. The van der Waals surface area contributed by atoms with Crippen molar-refractivity contribution < 1.29 is 13.2 Å². The first kappa shape index (κ1) is 21.7. The highest BCUT2D eigenvalue weighted by Gasteiger charge is 2.30. The molecule has 1 fully saturated rings. The van der Waals surface area contributed by atoms with Crippen LogP contribution in [-0.2, 0) is 14.8 Å². The summed E-state index contributed by atoms with van der Waals surface area (Å²) in [5.41, 5.74) is 0. The van der Waals surface area contributed by atoms with E-state index in [4.69, 9.17) is 0 Å². The van der Waals surface area contributed by atoms with Crippen LogP contribution in [0.2, 0.25) is 0 Å².